The lowest BCUT2D eigenvalue weighted by atomic mass is 9.94. The van der Waals surface area contributed by atoms with E-state index in [1.165, 1.54) is 4.90 Å². The van der Waals surface area contributed by atoms with Gasteiger partial charge in [-0.05, 0) is 55.9 Å². The van der Waals surface area contributed by atoms with Crippen LogP contribution in [-0.4, -0.2) is 77.7 Å². The Balaban J connectivity index is 1.11. The summed E-state index contributed by atoms with van der Waals surface area (Å²) in [6.45, 7) is 4.75. The first-order valence-electron chi connectivity index (χ1n) is 11.7. The first kappa shape index (κ1) is 23.2. The number of amides is 2. The van der Waals surface area contributed by atoms with E-state index in [2.05, 4.69) is 9.89 Å². The van der Waals surface area contributed by atoms with E-state index < -0.39 is 5.92 Å². The Labute approximate surface area is 208 Å². The van der Waals surface area contributed by atoms with Gasteiger partial charge in [-0.1, -0.05) is 0 Å². The van der Waals surface area contributed by atoms with Crippen molar-refractivity contribution in [3.8, 4) is 0 Å². The topological polar surface area (TPSA) is 91.8 Å². The number of benzene rings is 1. The Morgan fingerprint density at radius 1 is 1.09 bits per heavy atom. The number of allylic oxidation sites excluding steroid dienone is 1. The molecule has 1 aliphatic carbocycles. The molecule has 1 atom stereocenters. The van der Waals surface area contributed by atoms with Crippen LogP contribution in [0, 0.1) is 5.92 Å². The number of hydrogen-bond acceptors (Lipinski definition) is 7. The van der Waals surface area contributed by atoms with E-state index in [1.54, 1.807) is 19.1 Å². The molecule has 35 heavy (non-hydrogen) atoms. The fourth-order valence-electron chi connectivity index (χ4n) is 4.61. The Kier molecular flexibility index (Phi) is 6.38. The van der Waals surface area contributed by atoms with Gasteiger partial charge in [-0.2, -0.15) is 0 Å². The normalized spacial score (nSPS) is 21.3. The van der Waals surface area contributed by atoms with Gasteiger partial charge in [-0.25, -0.2) is 4.99 Å². The van der Waals surface area contributed by atoms with Crippen molar-refractivity contribution >= 4 is 46.3 Å². The molecular formula is C25H26N4O5S. The maximum absolute atomic E-state index is 13.0. The molecule has 0 bridgehead atoms. The van der Waals surface area contributed by atoms with Crippen LogP contribution in [0.4, 0.5) is 5.69 Å². The maximum atomic E-state index is 13.0. The number of anilines is 1. The molecule has 0 radical (unpaired) electrons. The lowest BCUT2D eigenvalue weighted by molar-refractivity contribution is -0.132. The van der Waals surface area contributed by atoms with Crippen LogP contribution >= 0.6 is 12.2 Å². The molecule has 0 spiro atoms. The van der Waals surface area contributed by atoms with Crippen molar-refractivity contribution in [1.29, 1.82) is 0 Å². The minimum absolute atomic E-state index is 0.0467. The van der Waals surface area contributed by atoms with Gasteiger partial charge in [0, 0.05) is 56.5 Å². The van der Waals surface area contributed by atoms with Gasteiger partial charge in [-0.3, -0.25) is 19.3 Å². The summed E-state index contributed by atoms with van der Waals surface area (Å²) in [6, 6.07) is 7.57. The Morgan fingerprint density at radius 2 is 1.80 bits per heavy atom. The molecule has 3 aliphatic heterocycles. The summed E-state index contributed by atoms with van der Waals surface area (Å²) in [5.41, 5.74) is 2.30. The molecule has 2 saturated heterocycles. The second kappa shape index (κ2) is 9.61. The summed E-state index contributed by atoms with van der Waals surface area (Å²) in [5, 5.41) is 0.214. The number of thiocarbonyl (C=S) groups is 1. The molecular weight excluding hydrogens is 468 g/mol. The van der Waals surface area contributed by atoms with E-state index in [0.29, 0.717) is 55.3 Å². The Morgan fingerprint density at radius 3 is 2.51 bits per heavy atom. The highest BCUT2D eigenvalue weighted by Gasteiger charge is 2.38. The van der Waals surface area contributed by atoms with Gasteiger partial charge >= 0.3 is 0 Å². The third-order valence-electron chi connectivity index (χ3n) is 6.62. The number of carbonyl (C=O) groups is 3. The van der Waals surface area contributed by atoms with Crippen molar-refractivity contribution in [2.24, 2.45) is 10.9 Å². The van der Waals surface area contributed by atoms with Crippen LogP contribution < -0.4 is 4.90 Å². The Bertz CT molecular complexity index is 1160. The quantitative estimate of drug-likeness (QED) is 0.443. The summed E-state index contributed by atoms with van der Waals surface area (Å²) in [4.78, 5) is 47.2. The SMILES string of the molecule is CC(=O)c1ccc(N2CCN(C(=O)CCCN3C(=O)C4C=C5OCOC5=CC4=NC3=S)CC2)cc1. The van der Waals surface area contributed by atoms with E-state index >= 15 is 0 Å². The second-order valence-corrected chi connectivity index (χ2v) is 9.17. The summed E-state index contributed by atoms with van der Waals surface area (Å²) in [7, 11) is 0. The number of Topliss-reactive ketones (excluding diaryl/α,β-unsaturated/α-hetero) is 1. The predicted molar refractivity (Wildman–Crippen MR) is 133 cm³/mol. The van der Waals surface area contributed by atoms with E-state index in [4.69, 9.17) is 21.7 Å². The number of ketones is 1. The standard InChI is InChI=1S/C25H26N4O5S/c1-16(30)17-4-6-18(7-5-17)27-9-11-28(12-10-27)23(31)3-2-8-29-24(32)19-13-21-22(34-15-33-21)14-20(19)26-25(29)35/h4-7,13-14,19H,2-3,8-12,15H2,1H3. The molecule has 9 nitrogen and oxygen atoms in total. The molecule has 182 valence electrons. The van der Waals surface area contributed by atoms with Crippen molar-refractivity contribution in [2.45, 2.75) is 19.8 Å². The van der Waals surface area contributed by atoms with E-state index in [0.717, 1.165) is 18.8 Å². The van der Waals surface area contributed by atoms with Crippen LogP contribution in [0.2, 0.25) is 0 Å². The largest absolute Gasteiger partial charge is 0.454 e. The van der Waals surface area contributed by atoms with E-state index in [9.17, 15) is 14.4 Å². The highest BCUT2D eigenvalue weighted by atomic mass is 32.1. The number of nitrogens with zero attached hydrogens (tertiary/aromatic N) is 4. The van der Waals surface area contributed by atoms with Gasteiger partial charge in [0.05, 0.1) is 5.71 Å². The minimum Gasteiger partial charge on any atom is -0.454 e. The molecule has 10 heteroatoms. The highest BCUT2D eigenvalue weighted by Crippen LogP contribution is 2.31. The fourth-order valence-corrected chi connectivity index (χ4v) is 4.90. The zero-order chi connectivity index (χ0) is 24.5. The average Bonchev–Trinajstić information content (AvgIpc) is 3.32. The van der Waals surface area contributed by atoms with Crippen molar-refractivity contribution in [3.63, 3.8) is 0 Å². The van der Waals surface area contributed by atoms with E-state index in [-0.39, 0.29) is 29.5 Å². The van der Waals surface area contributed by atoms with Gasteiger partial charge in [0.1, 0.15) is 5.92 Å². The van der Waals surface area contributed by atoms with Gasteiger partial charge in [-0.15, -0.1) is 0 Å². The fraction of sp³-hybridized carbons (Fsp3) is 0.400. The van der Waals surface area contributed by atoms with Gasteiger partial charge < -0.3 is 19.3 Å². The van der Waals surface area contributed by atoms with E-state index in [1.807, 2.05) is 29.2 Å². The molecule has 2 fully saturated rings. The number of piperazine rings is 1. The molecule has 0 saturated carbocycles. The minimum atomic E-state index is -0.546. The molecule has 4 aliphatic rings. The zero-order valence-electron chi connectivity index (χ0n) is 19.4. The summed E-state index contributed by atoms with van der Waals surface area (Å²) >= 11 is 5.35. The van der Waals surface area contributed by atoms with Crippen molar-refractivity contribution in [2.75, 3.05) is 44.4 Å². The van der Waals surface area contributed by atoms with Crippen LogP contribution in [0.5, 0.6) is 0 Å². The van der Waals surface area contributed by atoms with Crippen molar-refractivity contribution < 1.29 is 23.9 Å². The Hall–Kier alpha value is -3.53. The molecule has 0 N–H and O–H groups in total. The lowest BCUT2D eigenvalue weighted by Crippen LogP contribution is -2.49. The van der Waals surface area contributed by atoms with Crippen LogP contribution in [0.25, 0.3) is 0 Å². The molecule has 0 aromatic heterocycles. The monoisotopic (exact) mass is 494 g/mol. The summed E-state index contributed by atoms with van der Waals surface area (Å²) < 4.78 is 10.8. The first-order valence-corrected chi connectivity index (χ1v) is 12.1. The van der Waals surface area contributed by atoms with Gasteiger partial charge in [0.15, 0.2) is 17.3 Å². The van der Waals surface area contributed by atoms with Crippen LogP contribution in [0.15, 0.2) is 52.9 Å². The maximum Gasteiger partial charge on any atom is 0.241 e. The molecule has 1 aromatic rings. The zero-order valence-corrected chi connectivity index (χ0v) is 20.3. The second-order valence-electron chi connectivity index (χ2n) is 8.81. The number of hydrogen-bond donors (Lipinski definition) is 0. The first-order chi connectivity index (χ1) is 16.9. The molecule has 1 unspecified atom stereocenters. The molecule has 5 rings (SSSR count). The van der Waals surface area contributed by atoms with Crippen molar-refractivity contribution in [3.05, 3.63) is 53.5 Å². The van der Waals surface area contributed by atoms with Crippen molar-refractivity contribution in [1.82, 2.24) is 9.80 Å². The number of rotatable bonds is 6. The molecule has 2 amide bonds. The van der Waals surface area contributed by atoms with Crippen LogP contribution in [-0.2, 0) is 19.1 Å². The molecule has 3 heterocycles. The van der Waals surface area contributed by atoms with Gasteiger partial charge in [0.2, 0.25) is 23.7 Å². The number of fused-ring (bicyclic) bond motifs is 2. The van der Waals surface area contributed by atoms with Crippen LogP contribution in [0.3, 0.4) is 0 Å². The summed E-state index contributed by atoms with van der Waals surface area (Å²) in [6.07, 6.45) is 4.27. The molecule has 1 aromatic carbocycles. The summed E-state index contributed by atoms with van der Waals surface area (Å²) in [5.74, 6) is 0.540. The smallest absolute Gasteiger partial charge is 0.241 e. The highest BCUT2D eigenvalue weighted by molar-refractivity contribution is 7.80. The predicted octanol–water partition coefficient (Wildman–Crippen LogP) is 2.29. The number of ether oxygens (including phenoxy) is 2. The average molecular weight is 495 g/mol. The van der Waals surface area contributed by atoms with Gasteiger partial charge in [0.25, 0.3) is 0 Å². The number of aliphatic imine (C=N–C) groups is 1. The van der Waals surface area contributed by atoms with Crippen LogP contribution in [0.1, 0.15) is 30.1 Å². The third kappa shape index (κ3) is 4.70. The third-order valence-corrected chi connectivity index (χ3v) is 6.93. The number of carbonyl (C=O) groups excluding carboxylic acids is 3. The lowest BCUT2D eigenvalue weighted by Gasteiger charge is -2.36.